The first-order chi connectivity index (χ1) is 9.47. The van der Waals surface area contributed by atoms with Crippen LogP contribution in [0.2, 0.25) is 0 Å². The van der Waals surface area contributed by atoms with Gasteiger partial charge in [0.15, 0.2) is 5.13 Å². The molecule has 0 aliphatic carbocycles. The zero-order valence-electron chi connectivity index (χ0n) is 11.0. The Labute approximate surface area is 119 Å². The van der Waals surface area contributed by atoms with Crippen molar-refractivity contribution in [3.8, 4) is 0 Å². The van der Waals surface area contributed by atoms with Gasteiger partial charge in [0.2, 0.25) is 0 Å². The van der Waals surface area contributed by atoms with Crippen LogP contribution in [0.15, 0.2) is 23.7 Å². The number of carbonyl (C=O) groups is 2. The first-order valence-corrected chi connectivity index (χ1v) is 6.81. The van der Waals surface area contributed by atoms with E-state index >= 15 is 0 Å². The van der Waals surface area contributed by atoms with Crippen molar-refractivity contribution in [1.82, 2.24) is 9.97 Å². The first-order valence-electron chi connectivity index (χ1n) is 5.93. The number of amides is 1. The number of rotatable bonds is 4. The lowest BCUT2D eigenvalue weighted by atomic mass is 10.2. The Hall–Kier alpha value is -2.28. The van der Waals surface area contributed by atoms with E-state index in [1.165, 1.54) is 29.7 Å². The summed E-state index contributed by atoms with van der Waals surface area (Å²) in [6.07, 6.45) is 1.23. The van der Waals surface area contributed by atoms with Gasteiger partial charge in [0.1, 0.15) is 5.69 Å². The third kappa shape index (κ3) is 3.18. The maximum absolute atomic E-state index is 11.9. The van der Waals surface area contributed by atoms with Gasteiger partial charge in [-0.2, -0.15) is 0 Å². The monoisotopic (exact) mass is 291 g/mol. The Bertz CT molecular complexity index is 635. The highest BCUT2D eigenvalue weighted by Crippen LogP contribution is 2.21. The van der Waals surface area contributed by atoms with Gasteiger partial charge in [0.25, 0.3) is 5.91 Å². The highest BCUT2D eigenvalue weighted by atomic mass is 32.1. The topological polar surface area (TPSA) is 92.2 Å². The molecule has 0 fully saturated rings. The molecular formula is C13H13N3O3S. The van der Waals surface area contributed by atoms with Gasteiger partial charge >= 0.3 is 5.97 Å². The third-order valence-electron chi connectivity index (χ3n) is 2.58. The van der Waals surface area contributed by atoms with Gasteiger partial charge in [-0.25, -0.2) is 14.8 Å². The molecule has 2 aromatic heterocycles. The van der Waals surface area contributed by atoms with Gasteiger partial charge in [-0.3, -0.25) is 10.1 Å². The fourth-order valence-corrected chi connectivity index (χ4v) is 2.30. The molecule has 2 rings (SSSR count). The molecule has 2 heterocycles. The predicted octanol–water partition coefficient (Wildman–Crippen LogP) is 2.61. The van der Waals surface area contributed by atoms with Crippen molar-refractivity contribution in [1.29, 1.82) is 0 Å². The van der Waals surface area contributed by atoms with Crippen LogP contribution in [0.4, 0.5) is 5.13 Å². The summed E-state index contributed by atoms with van der Waals surface area (Å²) in [5.74, 6) is -1.19. The van der Waals surface area contributed by atoms with Crippen LogP contribution in [-0.2, 0) is 0 Å². The molecule has 0 spiro atoms. The van der Waals surface area contributed by atoms with Crippen molar-refractivity contribution in [3.05, 3.63) is 40.7 Å². The molecule has 0 aliphatic heterocycles. The summed E-state index contributed by atoms with van der Waals surface area (Å²) < 4.78 is 0. The van der Waals surface area contributed by atoms with Crippen LogP contribution in [0.1, 0.15) is 46.3 Å². The molecule has 0 aromatic carbocycles. The highest BCUT2D eigenvalue weighted by Gasteiger charge is 2.12. The zero-order chi connectivity index (χ0) is 14.7. The zero-order valence-corrected chi connectivity index (χ0v) is 11.8. The molecule has 104 valence electrons. The van der Waals surface area contributed by atoms with Gasteiger partial charge in [0, 0.05) is 11.6 Å². The van der Waals surface area contributed by atoms with Crippen molar-refractivity contribution in [2.45, 2.75) is 19.8 Å². The average Bonchev–Trinajstić information content (AvgIpc) is 2.87. The normalized spacial score (nSPS) is 10.6. The Morgan fingerprint density at radius 2 is 2.10 bits per heavy atom. The molecule has 2 N–H and O–H groups in total. The van der Waals surface area contributed by atoms with Crippen LogP contribution in [-0.4, -0.2) is 27.0 Å². The summed E-state index contributed by atoms with van der Waals surface area (Å²) in [5, 5.41) is 13.8. The van der Waals surface area contributed by atoms with Crippen LogP contribution in [0, 0.1) is 0 Å². The standard InChI is InChI=1S/C13H13N3O3S/c1-7(2)10-6-20-13(15-10)16-11(17)8-3-4-9(12(18)19)14-5-8/h3-7H,1-2H3,(H,18,19)(H,15,16,17). The average molecular weight is 291 g/mol. The molecule has 1 amide bonds. The van der Waals surface area contributed by atoms with Crippen LogP contribution in [0.5, 0.6) is 0 Å². The largest absolute Gasteiger partial charge is 0.477 e. The molecule has 0 saturated heterocycles. The van der Waals surface area contributed by atoms with Crippen molar-refractivity contribution < 1.29 is 14.7 Å². The fraction of sp³-hybridized carbons (Fsp3) is 0.231. The van der Waals surface area contributed by atoms with E-state index in [9.17, 15) is 9.59 Å². The van der Waals surface area contributed by atoms with Gasteiger partial charge in [0.05, 0.1) is 11.3 Å². The molecule has 0 unspecified atom stereocenters. The number of nitrogens with zero attached hydrogens (tertiary/aromatic N) is 2. The number of aromatic carboxylic acids is 1. The van der Waals surface area contributed by atoms with Gasteiger partial charge in [-0.1, -0.05) is 13.8 Å². The number of hydrogen-bond acceptors (Lipinski definition) is 5. The van der Waals surface area contributed by atoms with Crippen molar-refractivity contribution in [2.75, 3.05) is 5.32 Å². The summed E-state index contributed by atoms with van der Waals surface area (Å²) in [7, 11) is 0. The van der Waals surface area contributed by atoms with Gasteiger partial charge in [-0.05, 0) is 18.1 Å². The second-order valence-electron chi connectivity index (χ2n) is 4.42. The summed E-state index contributed by atoms with van der Waals surface area (Å²) in [6, 6.07) is 2.71. The SMILES string of the molecule is CC(C)c1csc(NC(=O)c2ccc(C(=O)O)nc2)n1. The molecular weight excluding hydrogens is 278 g/mol. The number of hydrogen-bond donors (Lipinski definition) is 2. The number of carboxylic acid groups (broad SMARTS) is 1. The summed E-state index contributed by atoms with van der Waals surface area (Å²) in [5.41, 5.74) is 1.11. The summed E-state index contributed by atoms with van der Waals surface area (Å²) >= 11 is 1.35. The van der Waals surface area contributed by atoms with Crippen molar-refractivity contribution in [3.63, 3.8) is 0 Å². The third-order valence-corrected chi connectivity index (χ3v) is 3.35. The minimum absolute atomic E-state index is 0.0992. The molecule has 0 saturated carbocycles. The number of thiazole rings is 1. The molecule has 7 heteroatoms. The van der Waals surface area contributed by atoms with E-state index in [0.29, 0.717) is 11.0 Å². The molecule has 0 bridgehead atoms. The smallest absolute Gasteiger partial charge is 0.354 e. The number of pyridine rings is 1. The maximum Gasteiger partial charge on any atom is 0.354 e. The number of nitrogens with one attached hydrogen (secondary N) is 1. The Morgan fingerprint density at radius 3 is 2.60 bits per heavy atom. The number of aromatic nitrogens is 2. The maximum atomic E-state index is 11.9. The Balaban J connectivity index is 2.09. The highest BCUT2D eigenvalue weighted by molar-refractivity contribution is 7.14. The molecule has 2 aromatic rings. The van der Waals surface area contributed by atoms with Gasteiger partial charge < -0.3 is 5.11 Å². The lowest BCUT2D eigenvalue weighted by Crippen LogP contribution is -2.13. The molecule has 6 nitrogen and oxygen atoms in total. The van der Waals surface area contributed by atoms with E-state index in [0.717, 1.165) is 5.69 Å². The van der Waals surface area contributed by atoms with E-state index in [1.807, 2.05) is 19.2 Å². The minimum atomic E-state index is -1.13. The quantitative estimate of drug-likeness (QED) is 0.903. The molecule has 20 heavy (non-hydrogen) atoms. The van der Waals surface area contributed by atoms with Crippen molar-refractivity contribution in [2.24, 2.45) is 0 Å². The van der Waals surface area contributed by atoms with Crippen molar-refractivity contribution >= 4 is 28.3 Å². The van der Waals surface area contributed by atoms with E-state index in [-0.39, 0.29) is 17.2 Å². The van der Waals surface area contributed by atoms with Gasteiger partial charge in [-0.15, -0.1) is 11.3 Å². The second-order valence-corrected chi connectivity index (χ2v) is 5.28. The number of carboxylic acids is 1. The summed E-state index contributed by atoms with van der Waals surface area (Å²) in [4.78, 5) is 30.6. The molecule has 0 aliphatic rings. The predicted molar refractivity (Wildman–Crippen MR) is 75.4 cm³/mol. The van der Waals surface area contributed by atoms with Crippen LogP contribution in [0.25, 0.3) is 0 Å². The van der Waals surface area contributed by atoms with Crippen LogP contribution < -0.4 is 5.32 Å². The van der Waals surface area contributed by atoms with E-state index < -0.39 is 5.97 Å². The van der Waals surface area contributed by atoms with E-state index in [4.69, 9.17) is 5.11 Å². The lowest BCUT2D eigenvalue weighted by molar-refractivity contribution is 0.0690. The van der Waals surface area contributed by atoms with Crippen LogP contribution >= 0.6 is 11.3 Å². The number of anilines is 1. The van der Waals surface area contributed by atoms with Crippen LogP contribution in [0.3, 0.4) is 0 Å². The Morgan fingerprint density at radius 1 is 1.35 bits per heavy atom. The molecule has 0 radical (unpaired) electrons. The number of carbonyl (C=O) groups excluding carboxylic acids is 1. The fourth-order valence-electron chi connectivity index (χ4n) is 1.43. The Kier molecular flexibility index (Phi) is 4.09. The molecule has 0 atom stereocenters. The first kappa shape index (κ1) is 14.1. The second kappa shape index (κ2) is 5.79. The minimum Gasteiger partial charge on any atom is -0.477 e. The van der Waals surface area contributed by atoms with E-state index in [2.05, 4.69) is 15.3 Å². The van der Waals surface area contributed by atoms with E-state index in [1.54, 1.807) is 0 Å². The lowest BCUT2D eigenvalue weighted by Gasteiger charge is -2.02. The summed E-state index contributed by atoms with van der Waals surface area (Å²) in [6.45, 7) is 4.05.